The van der Waals surface area contributed by atoms with Gasteiger partial charge < -0.3 is 10.1 Å². The maximum absolute atomic E-state index is 12.5. The minimum atomic E-state index is -0.434. The Kier molecular flexibility index (Phi) is 6.54. The van der Waals surface area contributed by atoms with Crippen molar-refractivity contribution in [3.63, 3.8) is 0 Å². The molecule has 7 nitrogen and oxygen atoms in total. The van der Waals surface area contributed by atoms with Gasteiger partial charge in [-0.05, 0) is 43.7 Å². The summed E-state index contributed by atoms with van der Waals surface area (Å²) in [5.41, 5.74) is 1.37. The molecule has 2 N–H and O–H groups in total. The third-order valence-corrected chi connectivity index (χ3v) is 5.08. The monoisotopic (exact) mass is 398 g/mol. The van der Waals surface area contributed by atoms with E-state index in [9.17, 15) is 9.59 Å². The number of aromatic amines is 1. The number of anilines is 1. The number of hydrogen-bond donors (Lipinski definition) is 2. The van der Waals surface area contributed by atoms with Gasteiger partial charge in [-0.25, -0.2) is 9.89 Å². The Balaban J connectivity index is 1.65. The number of rotatable bonds is 8. The Morgan fingerprint density at radius 2 is 1.93 bits per heavy atom. The lowest BCUT2D eigenvalue weighted by Gasteiger charge is -2.12. The van der Waals surface area contributed by atoms with Gasteiger partial charge in [-0.1, -0.05) is 42.1 Å². The van der Waals surface area contributed by atoms with Gasteiger partial charge in [0.2, 0.25) is 5.91 Å². The summed E-state index contributed by atoms with van der Waals surface area (Å²) in [6.45, 7) is 4.68. The fourth-order valence-electron chi connectivity index (χ4n) is 2.56. The van der Waals surface area contributed by atoms with E-state index in [1.54, 1.807) is 19.1 Å². The number of H-pyrrole nitrogens is 1. The Labute approximate surface area is 167 Å². The SMILES string of the molecule is CCOc1ccc(NC(=O)C(C)Sc2n[nH]c(=O)n2Cc2ccccc2)cc1. The summed E-state index contributed by atoms with van der Waals surface area (Å²) in [5.74, 6) is 0.584. The van der Waals surface area contributed by atoms with Gasteiger partial charge in [0.15, 0.2) is 5.16 Å². The van der Waals surface area contributed by atoms with Crippen LogP contribution in [0.2, 0.25) is 0 Å². The largest absolute Gasteiger partial charge is 0.494 e. The number of benzene rings is 2. The minimum Gasteiger partial charge on any atom is -0.494 e. The summed E-state index contributed by atoms with van der Waals surface area (Å²) in [4.78, 5) is 24.6. The van der Waals surface area contributed by atoms with Gasteiger partial charge in [0.05, 0.1) is 18.4 Å². The highest BCUT2D eigenvalue weighted by molar-refractivity contribution is 8.00. The van der Waals surface area contributed by atoms with Crippen molar-refractivity contribution >= 4 is 23.4 Å². The molecule has 0 radical (unpaired) electrons. The van der Waals surface area contributed by atoms with Crippen LogP contribution in [0.3, 0.4) is 0 Å². The Morgan fingerprint density at radius 1 is 1.21 bits per heavy atom. The Hall–Kier alpha value is -3.00. The zero-order valence-corrected chi connectivity index (χ0v) is 16.5. The number of amides is 1. The lowest BCUT2D eigenvalue weighted by molar-refractivity contribution is -0.115. The number of thioether (sulfide) groups is 1. The van der Waals surface area contributed by atoms with Gasteiger partial charge in [0.1, 0.15) is 5.75 Å². The zero-order chi connectivity index (χ0) is 19.9. The second-order valence-electron chi connectivity index (χ2n) is 6.09. The molecule has 0 saturated carbocycles. The number of nitrogens with one attached hydrogen (secondary N) is 2. The van der Waals surface area contributed by atoms with Gasteiger partial charge in [0.25, 0.3) is 0 Å². The van der Waals surface area contributed by atoms with Crippen molar-refractivity contribution in [1.29, 1.82) is 0 Å². The Morgan fingerprint density at radius 3 is 2.61 bits per heavy atom. The van der Waals surface area contributed by atoms with Crippen LogP contribution in [-0.4, -0.2) is 32.5 Å². The van der Waals surface area contributed by atoms with Crippen molar-refractivity contribution in [2.45, 2.75) is 30.8 Å². The first kappa shape index (κ1) is 19.8. The lowest BCUT2D eigenvalue weighted by atomic mass is 10.2. The molecule has 3 aromatic rings. The molecule has 0 aliphatic heterocycles. The zero-order valence-electron chi connectivity index (χ0n) is 15.7. The molecule has 1 amide bonds. The van der Waals surface area contributed by atoms with Crippen molar-refractivity contribution in [1.82, 2.24) is 14.8 Å². The van der Waals surface area contributed by atoms with Crippen LogP contribution in [0.5, 0.6) is 5.75 Å². The van der Waals surface area contributed by atoms with Gasteiger partial charge >= 0.3 is 5.69 Å². The molecule has 0 aliphatic carbocycles. The van der Waals surface area contributed by atoms with E-state index in [-0.39, 0.29) is 11.6 Å². The number of hydrogen-bond acceptors (Lipinski definition) is 5. The first-order chi connectivity index (χ1) is 13.6. The molecule has 0 aliphatic rings. The molecule has 0 spiro atoms. The highest BCUT2D eigenvalue weighted by atomic mass is 32.2. The third-order valence-electron chi connectivity index (χ3n) is 3.99. The quantitative estimate of drug-likeness (QED) is 0.569. The molecular weight excluding hydrogens is 376 g/mol. The van der Waals surface area contributed by atoms with Crippen LogP contribution in [0.4, 0.5) is 5.69 Å². The molecule has 1 heterocycles. The fraction of sp³-hybridized carbons (Fsp3) is 0.250. The van der Waals surface area contributed by atoms with Gasteiger partial charge in [-0.2, -0.15) is 0 Å². The molecule has 8 heteroatoms. The lowest BCUT2D eigenvalue weighted by Crippen LogP contribution is -2.24. The average Bonchev–Trinajstić information content (AvgIpc) is 3.04. The number of ether oxygens (including phenoxy) is 1. The van der Waals surface area contributed by atoms with Gasteiger partial charge in [-0.15, -0.1) is 5.10 Å². The maximum atomic E-state index is 12.5. The number of carbonyl (C=O) groups excluding carboxylic acids is 1. The van der Waals surface area contributed by atoms with Crippen molar-refractivity contribution in [3.8, 4) is 5.75 Å². The molecule has 1 atom stereocenters. The van der Waals surface area contributed by atoms with E-state index in [4.69, 9.17) is 4.74 Å². The van der Waals surface area contributed by atoms with E-state index in [1.807, 2.05) is 49.4 Å². The molecule has 28 heavy (non-hydrogen) atoms. The standard InChI is InChI=1S/C20H22N4O3S/c1-3-27-17-11-9-16(10-12-17)21-18(25)14(2)28-20-23-22-19(26)24(20)13-15-7-5-4-6-8-15/h4-12,14H,3,13H2,1-2H3,(H,21,25)(H,22,26). The topological polar surface area (TPSA) is 89.0 Å². The van der Waals surface area contributed by atoms with Crippen LogP contribution in [0.25, 0.3) is 0 Å². The van der Waals surface area contributed by atoms with Crippen LogP contribution in [0.15, 0.2) is 64.5 Å². The summed E-state index contributed by atoms with van der Waals surface area (Å²) >= 11 is 1.23. The molecular formula is C20H22N4O3S. The van der Waals surface area contributed by atoms with Crippen molar-refractivity contribution in [2.24, 2.45) is 0 Å². The molecule has 2 aromatic carbocycles. The second kappa shape index (κ2) is 9.27. The van der Waals surface area contributed by atoms with Crippen LogP contribution in [-0.2, 0) is 11.3 Å². The van der Waals surface area contributed by atoms with Crippen LogP contribution < -0.4 is 15.7 Å². The summed E-state index contributed by atoms with van der Waals surface area (Å²) in [5, 5.41) is 9.43. The first-order valence-corrected chi connectivity index (χ1v) is 9.84. The van der Waals surface area contributed by atoms with E-state index in [1.165, 1.54) is 16.3 Å². The summed E-state index contributed by atoms with van der Waals surface area (Å²) in [6, 6.07) is 16.8. The highest BCUT2D eigenvalue weighted by Crippen LogP contribution is 2.22. The van der Waals surface area contributed by atoms with Crippen molar-refractivity contribution in [2.75, 3.05) is 11.9 Å². The molecule has 0 fully saturated rings. The summed E-state index contributed by atoms with van der Waals surface area (Å²) in [6.07, 6.45) is 0. The van der Waals surface area contributed by atoms with E-state index >= 15 is 0 Å². The highest BCUT2D eigenvalue weighted by Gasteiger charge is 2.19. The number of carbonyl (C=O) groups is 1. The molecule has 0 bridgehead atoms. The predicted octanol–water partition coefficient (Wildman–Crippen LogP) is 3.14. The normalized spacial score (nSPS) is 11.8. The summed E-state index contributed by atoms with van der Waals surface area (Å²) in [7, 11) is 0. The molecule has 0 saturated heterocycles. The molecule has 3 rings (SSSR count). The molecule has 1 unspecified atom stereocenters. The van der Waals surface area contributed by atoms with Crippen molar-refractivity contribution < 1.29 is 9.53 Å². The first-order valence-electron chi connectivity index (χ1n) is 8.96. The van der Waals surface area contributed by atoms with Crippen LogP contribution >= 0.6 is 11.8 Å². The minimum absolute atomic E-state index is 0.170. The summed E-state index contributed by atoms with van der Waals surface area (Å²) < 4.78 is 6.92. The average molecular weight is 398 g/mol. The van der Waals surface area contributed by atoms with Gasteiger partial charge in [0, 0.05) is 5.69 Å². The van der Waals surface area contributed by atoms with Gasteiger partial charge in [-0.3, -0.25) is 9.36 Å². The molecule has 146 valence electrons. The van der Waals surface area contributed by atoms with E-state index in [0.717, 1.165) is 11.3 Å². The van der Waals surface area contributed by atoms with E-state index < -0.39 is 5.25 Å². The third kappa shape index (κ3) is 5.04. The van der Waals surface area contributed by atoms with Crippen LogP contribution in [0, 0.1) is 0 Å². The Bertz CT molecular complexity index is 967. The van der Waals surface area contributed by atoms with Crippen LogP contribution in [0.1, 0.15) is 19.4 Å². The van der Waals surface area contributed by atoms with E-state index in [2.05, 4.69) is 15.5 Å². The predicted molar refractivity (Wildman–Crippen MR) is 110 cm³/mol. The smallest absolute Gasteiger partial charge is 0.344 e. The van der Waals surface area contributed by atoms with E-state index in [0.29, 0.717) is 24.0 Å². The maximum Gasteiger partial charge on any atom is 0.344 e. The number of aromatic nitrogens is 3. The fourth-order valence-corrected chi connectivity index (χ4v) is 3.41. The van der Waals surface area contributed by atoms with Crippen molar-refractivity contribution in [3.05, 3.63) is 70.6 Å². The number of nitrogens with zero attached hydrogens (tertiary/aromatic N) is 2. The molecule has 1 aromatic heterocycles. The second-order valence-corrected chi connectivity index (χ2v) is 7.40.